The molecule has 0 spiro atoms. The third-order valence-corrected chi connectivity index (χ3v) is 6.49. The molecule has 3 rings (SSSR count). The summed E-state index contributed by atoms with van der Waals surface area (Å²) in [5.41, 5.74) is 3.66. The average Bonchev–Trinajstić information content (AvgIpc) is 2.93. The fraction of sp³-hybridized carbons (Fsp3) is 0.429. The Morgan fingerprint density at radius 1 is 0.600 bits per heavy atom. The molecule has 216 valence electrons. The Labute approximate surface area is 231 Å². The molecule has 0 unspecified atom stereocenters. The fourth-order valence-corrected chi connectivity index (χ4v) is 4.14. The van der Waals surface area contributed by atoms with Crippen molar-refractivity contribution in [2.24, 2.45) is 11.8 Å². The number of ether oxygens (including phenoxy) is 2. The Bertz CT molecular complexity index is 1110. The van der Waals surface area contributed by atoms with Gasteiger partial charge in [-0.25, -0.2) is 29.0 Å². The molecule has 40 heavy (non-hydrogen) atoms. The smallest absolute Gasteiger partial charge is 0.432 e. The maximum atomic E-state index is 12.0. The van der Waals surface area contributed by atoms with Gasteiger partial charge >= 0.3 is 24.2 Å². The van der Waals surface area contributed by atoms with Gasteiger partial charge in [-0.05, 0) is 88.5 Å². The summed E-state index contributed by atoms with van der Waals surface area (Å²) in [5, 5.41) is 8.54. The van der Waals surface area contributed by atoms with Crippen LogP contribution < -0.4 is 0 Å². The van der Waals surface area contributed by atoms with Crippen LogP contribution in [0, 0.1) is 39.5 Å². The molecule has 0 N–H and O–H groups in total. The number of hydrogen-bond donors (Lipinski definition) is 0. The molecular formula is C28H32O12. The Kier molecular flexibility index (Phi) is 11.3. The second-order valence-electron chi connectivity index (χ2n) is 9.69. The zero-order valence-corrected chi connectivity index (χ0v) is 22.8. The minimum atomic E-state index is -1.14. The van der Waals surface area contributed by atoms with Crippen LogP contribution in [-0.4, -0.2) is 37.5 Å². The number of carbonyl (C=O) groups is 4. The molecular weight excluding hydrogens is 528 g/mol. The van der Waals surface area contributed by atoms with E-state index in [2.05, 4.69) is 29.6 Å². The van der Waals surface area contributed by atoms with Crippen LogP contribution in [0.15, 0.2) is 36.4 Å². The lowest BCUT2D eigenvalue weighted by molar-refractivity contribution is -0.452. The summed E-state index contributed by atoms with van der Waals surface area (Å²) in [4.78, 5) is 65.2. The molecule has 2 aromatic carbocycles. The molecule has 0 atom stereocenters. The van der Waals surface area contributed by atoms with E-state index in [9.17, 15) is 19.2 Å². The third-order valence-electron chi connectivity index (χ3n) is 6.49. The standard InChI is InChI=1S/C28H32O12/c1-17-5-7-19(3)23(13-17)25(29)35-39-37-27(31)33-15-21-9-11-22(12-10-21)16-34-28(32)38-40-36-26(30)24-14-18(2)6-8-20(24)4/h5-8,13-14,21-22H,9-12,15-16H2,1-4H3. The summed E-state index contributed by atoms with van der Waals surface area (Å²) in [5.74, 6) is -1.46. The molecule has 12 heteroatoms. The van der Waals surface area contributed by atoms with E-state index in [-0.39, 0.29) is 36.2 Å². The van der Waals surface area contributed by atoms with Crippen LogP contribution in [0.4, 0.5) is 9.59 Å². The van der Waals surface area contributed by atoms with Crippen molar-refractivity contribution in [3.05, 3.63) is 69.8 Å². The Balaban J connectivity index is 1.24. The summed E-state index contributed by atoms with van der Waals surface area (Å²) in [6.45, 7) is 7.29. The largest absolute Gasteiger partial charge is 0.543 e. The van der Waals surface area contributed by atoms with Crippen LogP contribution in [0.3, 0.4) is 0 Å². The van der Waals surface area contributed by atoms with Crippen LogP contribution in [0.1, 0.15) is 68.7 Å². The van der Waals surface area contributed by atoms with Gasteiger partial charge in [-0.3, -0.25) is 9.78 Å². The van der Waals surface area contributed by atoms with Gasteiger partial charge in [0.2, 0.25) is 0 Å². The highest BCUT2D eigenvalue weighted by atomic mass is 17.5. The molecule has 1 aliphatic rings. The molecule has 0 radical (unpaired) electrons. The Morgan fingerprint density at radius 3 is 1.35 bits per heavy atom. The summed E-state index contributed by atoms with van der Waals surface area (Å²) in [6.07, 6.45) is 0.567. The molecule has 0 amide bonds. The fourth-order valence-electron chi connectivity index (χ4n) is 4.14. The van der Waals surface area contributed by atoms with E-state index in [1.54, 1.807) is 38.1 Å². The predicted molar refractivity (Wildman–Crippen MR) is 135 cm³/mol. The molecule has 0 heterocycles. The van der Waals surface area contributed by atoms with Gasteiger partial charge < -0.3 is 9.47 Å². The topological polar surface area (TPSA) is 142 Å². The lowest BCUT2D eigenvalue weighted by Crippen LogP contribution is -2.24. The minimum Gasteiger partial charge on any atom is -0.432 e. The van der Waals surface area contributed by atoms with Gasteiger partial charge in [0.05, 0.1) is 34.4 Å². The molecule has 0 aromatic heterocycles. The molecule has 12 nitrogen and oxygen atoms in total. The molecule has 1 saturated carbocycles. The highest BCUT2D eigenvalue weighted by Crippen LogP contribution is 2.29. The van der Waals surface area contributed by atoms with Gasteiger partial charge in [-0.1, -0.05) is 35.4 Å². The monoisotopic (exact) mass is 560 g/mol. The summed E-state index contributed by atoms with van der Waals surface area (Å²) in [6, 6.07) is 10.5. The second kappa shape index (κ2) is 14.8. The summed E-state index contributed by atoms with van der Waals surface area (Å²) >= 11 is 0. The lowest BCUT2D eigenvalue weighted by atomic mass is 9.83. The van der Waals surface area contributed by atoms with Gasteiger partial charge in [0.25, 0.3) is 0 Å². The number of benzene rings is 2. The van der Waals surface area contributed by atoms with Crippen molar-refractivity contribution >= 4 is 24.2 Å². The molecule has 1 aliphatic carbocycles. The lowest BCUT2D eigenvalue weighted by Gasteiger charge is -2.27. The predicted octanol–water partition coefficient (Wildman–Crippen LogP) is 5.74. The van der Waals surface area contributed by atoms with E-state index in [1.165, 1.54) is 0 Å². The zero-order valence-electron chi connectivity index (χ0n) is 22.8. The third kappa shape index (κ3) is 9.54. The van der Waals surface area contributed by atoms with Gasteiger partial charge in [0, 0.05) is 0 Å². The number of rotatable bonds is 10. The van der Waals surface area contributed by atoms with Crippen molar-refractivity contribution in [1.29, 1.82) is 0 Å². The molecule has 0 bridgehead atoms. The van der Waals surface area contributed by atoms with E-state index in [1.807, 2.05) is 26.0 Å². The first-order valence-corrected chi connectivity index (χ1v) is 12.7. The van der Waals surface area contributed by atoms with Crippen molar-refractivity contribution in [3.8, 4) is 0 Å². The quantitative estimate of drug-likeness (QED) is 0.199. The van der Waals surface area contributed by atoms with E-state index in [0.717, 1.165) is 11.1 Å². The van der Waals surface area contributed by atoms with E-state index < -0.39 is 24.2 Å². The first-order chi connectivity index (χ1) is 19.1. The van der Waals surface area contributed by atoms with Gasteiger partial charge in [0.1, 0.15) is 0 Å². The van der Waals surface area contributed by atoms with Gasteiger partial charge in [0.15, 0.2) is 0 Å². The van der Waals surface area contributed by atoms with Crippen LogP contribution >= 0.6 is 0 Å². The maximum absolute atomic E-state index is 12.0. The maximum Gasteiger partial charge on any atom is 0.543 e. The Hall–Kier alpha value is -4.16. The average molecular weight is 561 g/mol. The highest BCUT2D eigenvalue weighted by molar-refractivity contribution is 5.91. The van der Waals surface area contributed by atoms with Crippen LogP contribution in [0.2, 0.25) is 0 Å². The van der Waals surface area contributed by atoms with Crippen molar-refractivity contribution in [1.82, 2.24) is 0 Å². The number of carbonyl (C=O) groups excluding carboxylic acids is 4. The van der Waals surface area contributed by atoms with Gasteiger partial charge in [-0.2, -0.15) is 0 Å². The van der Waals surface area contributed by atoms with Crippen molar-refractivity contribution in [2.75, 3.05) is 13.2 Å². The minimum absolute atomic E-state index is 0.0704. The first kappa shape index (κ1) is 30.4. The number of hydrogen-bond acceptors (Lipinski definition) is 12. The van der Waals surface area contributed by atoms with Crippen molar-refractivity contribution in [2.45, 2.75) is 53.4 Å². The number of aryl methyl sites for hydroxylation is 4. The van der Waals surface area contributed by atoms with Crippen molar-refractivity contribution < 1.29 is 58.3 Å². The van der Waals surface area contributed by atoms with E-state index >= 15 is 0 Å². The second-order valence-corrected chi connectivity index (χ2v) is 9.69. The normalized spacial score (nSPS) is 16.4. The van der Waals surface area contributed by atoms with E-state index in [0.29, 0.717) is 36.8 Å². The molecule has 1 fully saturated rings. The van der Waals surface area contributed by atoms with E-state index in [4.69, 9.17) is 9.47 Å². The van der Waals surface area contributed by atoms with Crippen molar-refractivity contribution in [3.63, 3.8) is 0 Å². The van der Waals surface area contributed by atoms with Crippen LogP contribution in [0.25, 0.3) is 0 Å². The SMILES string of the molecule is Cc1ccc(C)c(C(=O)OOOC(=O)OCC2CCC(COC(=O)OOOC(=O)c3cc(C)ccc3C)CC2)c1. The first-order valence-electron chi connectivity index (χ1n) is 12.7. The molecule has 0 saturated heterocycles. The molecule has 0 aliphatic heterocycles. The zero-order chi connectivity index (χ0) is 29.1. The highest BCUT2D eigenvalue weighted by Gasteiger charge is 2.25. The Morgan fingerprint density at radius 2 is 0.975 bits per heavy atom. The summed E-state index contributed by atoms with van der Waals surface area (Å²) in [7, 11) is 0. The van der Waals surface area contributed by atoms with Gasteiger partial charge in [-0.15, -0.1) is 0 Å². The summed E-state index contributed by atoms with van der Waals surface area (Å²) < 4.78 is 10.0. The molecule has 2 aromatic rings. The van der Waals surface area contributed by atoms with Crippen LogP contribution in [0.5, 0.6) is 0 Å². The van der Waals surface area contributed by atoms with Crippen LogP contribution in [-0.2, 0) is 39.1 Å².